The largest absolute Gasteiger partial charge is 0.435 e. The van der Waals surface area contributed by atoms with Crippen LogP contribution in [0.5, 0.6) is 0 Å². The molecule has 3 rings (SSSR count). The van der Waals surface area contributed by atoms with Crippen molar-refractivity contribution >= 4 is 28.8 Å². The highest BCUT2D eigenvalue weighted by atomic mass is 16.3. The number of H-pyrrole nitrogens is 1. The van der Waals surface area contributed by atoms with Gasteiger partial charge in [0.05, 0.1) is 6.21 Å². The van der Waals surface area contributed by atoms with Crippen LogP contribution in [0.2, 0.25) is 0 Å². The van der Waals surface area contributed by atoms with E-state index in [1.54, 1.807) is 6.07 Å². The van der Waals surface area contributed by atoms with Crippen molar-refractivity contribution in [2.45, 2.75) is 13.3 Å². The van der Waals surface area contributed by atoms with Crippen LogP contribution in [0, 0.1) is 0 Å². The molecule has 0 radical (unpaired) electrons. The Labute approximate surface area is 136 Å². The minimum absolute atomic E-state index is 0.104. The molecule has 8 heteroatoms. The van der Waals surface area contributed by atoms with Gasteiger partial charge in [-0.2, -0.15) is 0 Å². The number of benzene rings is 1. The molecule has 0 atom stereocenters. The molecule has 3 aromatic rings. The van der Waals surface area contributed by atoms with Gasteiger partial charge in [-0.05, 0) is 18.6 Å². The van der Waals surface area contributed by atoms with Gasteiger partial charge >= 0.3 is 5.69 Å². The molecular formula is C16H17N5O3. The smallest absolute Gasteiger partial charge is 0.329 e. The molecule has 0 aliphatic rings. The highest BCUT2D eigenvalue weighted by Crippen LogP contribution is 2.17. The Morgan fingerprint density at radius 2 is 2.17 bits per heavy atom. The van der Waals surface area contributed by atoms with Crippen LogP contribution in [0.1, 0.15) is 19.2 Å². The fraction of sp³-hybridized carbons (Fsp3) is 0.250. The van der Waals surface area contributed by atoms with E-state index in [1.807, 2.05) is 25.1 Å². The first-order chi connectivity index (χ1) is 11.6. The van der Waals surface area contributed by atoms with Gasteiger partial charge in [-0.15, -0.1) is 0 Å². The van der Waals surface area contributed by atoms with E-state index in [9.17, 15) is 9.59 Å². The van der Waals surface area contributed by atoms with Gasteiger partial charge < -0.3 is 9.73 Å². The number of aromatic nitrogens is 3. The first-order valence-corrected chi connectivity index (χ1v) is 7.57. The first kappa shape index (κ1) is 15.7. The monoisotopic (exact) mass is 327 g/mol. The van der Waals surface area contributed by atoms with E-state index in [0.717, 1.165) is 11.0 Å². The van der Waals surface area contributed by atoms with Crippen LogP contribution in [0.25, 0.3) is 11.1 Å². The Morgan fingerprint density at radius 3 is 2.92 bits per heavy atom. The second-order valence-corrected chi connectivity index (χ2v) is 5.22. The third-order valence-corrected chi connectivity index (χ3v) is 3.45. The van der Waals surface area contributed by atoms with Crippen LogP contribution >= 0.6 is 0 Å². The van der Waals surface area contributed by atoms with E-state index >= 15 is 0 Å². The number of fused-ring (bicyclic) bond motifs is 1. The number of aromatic amines is 1. The summed E-state index contributed by atoms with van der Waals surface area (Å²) in [6.45, 7) is 2.59. The van der Waals surface area contributed by atoms with Gasteiger partial charge in [0.2, 0.25) is 5.89 Å². The molecule has 8 nitrogen and oxygen atoms in total. The second kappa shape index (κ2) is 6.53. The number of nitrogens with zero attached hydrogens (tertiary/aromatic N) is 3. The molecule has 0 aliphatic heterocycles. The van der Waals surface area contributed by atoms with E-state index in [0.29, 0.717) is 17.6 Å². The number of hydrogen-bond donors (Lipinski definition) is 2. The molecule has 2 N–H and O–H groups in total. The molecule has 0 spiro atoms. The molecule has 2 aromatic heterocycles. The maximum absolute atomic E-state index is 12.3. The summed E-state index contributed by atoms with van der Waals surface area (Å²) in [6.07, 6.45) is 2.21. The Bertz CT molecular complexity index is 979. The maximum Gasteiger partial charge on any atom is 0.329 e. The summed E-state index contributed by atoms with van der Waals surface area (Å²) in [4.78, 5) is 35.1. The van der Waals surface area contributed by atoms with Crippen LogP contribution in [0.3, 0.4) is 0 Å². The number of para-hydroxylation sites is 2. The Kier molecular flexibility index (Phi) is 4.28. The van der Waals surface area contributed by atoms with E-state index in [4.69, 9.17) is 4.42 Å². The zero-order valence-electron chi connectivity index (χ0n) is 13.4. The lowest BCUT2D eigenvalue weighted by Crippen LogP contribution is -2.33. The molecule has 0 aliphatic carbocycles. The average molecular weight is 327 g/mol. The molecule has 0 amide bonds. The van der Waals surface area contributed by atoms with Crippen LogP contribution in [-0.2, 0) is 7.05 Å². The van der Waals surface area contributed by atoms with Crippen LogP contribution in [0.15, 0.2) is 43.3 Å². The van der Waals surface area contributed by atoms with Crippen molar-refractivity contribution in [3.8, 4) is 0 Å². The minimum atomic E-state index is -0.501. The number of nitrogens with one attached hydrogen (secondary N) is 2. The number of aliphatic imine (C=N–C) groups is 1. The van der Waals surface area contributed by atoms with Crippen molar-refractivity contribution in [1.82, 2.24) is 14.5 Å². The van der Waals surface area contributed by atoms with Crippen LogP contribution in [-0.4, -0.2) is 27.3 Å². The number of rotatable bonds is 5. The highest BCUT2D eigenvalue weighted by Gasteiger charge is 2.11. The lowest BCUT2D eigenvalue weighted by atomic mass is 10.3. The Hall–Kier alpha value is -3.16. The molecule has 0 bridgehead atoms. The standard InChI is InChI=1S/C16H17N5O3/c1-3-8-17-14-13(15(22)21(2)16(23)20-14)18-9-12-19-10-6-4-5-7-11(10)24-12/h4-7,9,17H,3,8H2,1-2H3,(H,20,23). The molecule has 0 unspecified atom stereocenters. The van der Waals surface area contributed by atoms with Crippen molar-refractivity contribution in [2.24, 2.45) is 12.0 Å². The summed E-state index contributed by atoms with van der Waals surface area (Å²) < 4.78 is 6.51. The van der Waals surface area contributed by atoms with Crippen molar-refractivity contribution < 1.29 is 4.42 Å². The van der Waals surface area contributed by atoms with Crippen molar-refractivity contribution in [1.29, 1.82) is 0 Å². The Balaban J connectivity index is 2.02. The number of oxazole rings is 1. The average Bonchev–Trinajstić information content (AvgIpc) is 3.00. The molecule has 1 aromatic carbocycles. The van der Waals surface area contributed by atoms with Crippen molar-refractivity contribution in [2.75, 3.05) is 11.9 Å². The van der Waals surface area contributed by atoms with Gasteiger partial charge in [0.25, 0.3) is 5.56 Å². The molecular weight excluding hydrogens is 310 g/mol. The summed E-state index contributed by atoms with van der Waals surface area (Å²) >= 11 is 0. The molecule has 124 valence electrons. The van der Waals surface area contributed by atoms with E-state index < -0.39 is 11.2 Å². The normalized spacial score (nSPS) is 11.4. The van der Waals surface area contributed by atoms with Crippen LogP contribution < -0.4 is 16.6 Å². The van der Waals surface area contributed by atoms with Gasteiger partial charge in [-0.25, -0.2) is 14.8 Å². The highest BCUT2D eigenvalue weighted by molar-refractivity contribution is 5.83. The zero-order valence-corrected chi connectivity index (χ0v) is 13.4. The van der Waals surface area contributed by atoms with Gasteiger partial charge in [-0.1, -0.05) is 19.1 Å². The van der Waals surface area contributed by atoms with Gasteiger partial charge in [-0.3, -0.25) is 14.3 Å². The van der Waals surface area contributed by atoms with Crippen molar-refractivity contribution in [3.05, 3.63) is 51.0 Å². The predicted molar refractivity (Wildman–Crippen MR) is 92.3 cm³/mol. The third-order valence-electron chi connectivity index (χ3n) is 3.45. The molecule has 0 saturated carbocycles. The SMILES string of the molecule is CCCNc1[nH]c(=O)n(C)c(=O)c1N=Cc1nc2ccccc2o1. The maximum atomic E-state index is 12.3. The third kappa shape index (κ3) is 2.98. The van der Waals surface area contributed by atoms with E-state index in [2.05, 4.69) is 20.3 Å². The topological polar surface area (TPSA) is 105 Å². The summed E-state index contributed by atoms with van der Waals surface area (Å²) in [6, 6.07) is 7.32. The second-order valence-electron chi connectivity index (χ2n) is 5.22. The van der Waals surface area contributed by atoms with Crippen LogP contribution in [0.4, 0.5) is 11.5 Å². The van der Waals surface area contributed by atoms with E-state index in [1.165, 1.54) is 13.3 Å². The quantitative estimate of drug-likeness (QED) is 0.695. The predicted octanol–water partition coefficient (Wildman–Crippen LogP) is 1.79. The van der Waals surface area contributed by atoms with Gasteiger partial charge in [0, 0.05) is 13.6 Å². The van der Waals surface area contributed by atoms with E-state index in [-0.39, 0.29) is 17.4 Å². The molecule has 2 heterocycles. The zero-order chi connectivity index (χ0) is 17.1. The Morgan fingerprint density at radius 1 is 1.38 bits per heavy atom. The van der Waals surface area contributed by atoms with Gasteiger partial charge in [0.1, 0.15) is 11.3 Å². The molecule has 0 saturated heterocycles. The number of anilines is 1. The lowest BCUT2D eigenvalue weighted by Gasteiger charge is -2.08. The minimum Gasteiger partial charge on any atom is -0.435 e. The fourth-order valence-electron chi connectivity index (χ4n) is 2.17. The van der Waals surface area contributed by atoms with Gasteiger partial charge in [0.15, 0.2) is 11.3 Å². The lowest BCUT2D eigenvalue weighted by molar-refractivity contribution is 0.593. The summed E-state index contributed by atoms with van der Waals surface area (Å²) in [5, 5.41) is 3.00. The first-order valence-electron chi connectivity index (χ1n) is 7.57. The molecule has 0 fully saturated rings. The fourth-order valence-corrected chi connectivity index (χ4v) is 2.17. The summed E-state index contributed by atoms with van der Waals surface area (Å²) in [7, 11) is 1.39. The summed E-state index contributed by atoms with van der Waals surface area (Å²) in [5.41, 5.74) is 0.451. The summed E-state index contributed by atoms with van der Waals surface area (Å²) in [5.74, 6) is 0.572. The molecule has 24 heavy (non-hydrogen) atoms. The van der Waals surface area contributed by atoms with Crippen molar-refractivity contribution in [3.63, 3.8) is 0 Å². The number of hydrogen-bond acceptors (Lipinski definition) is 6.